The van der Waals surface area contributed by atoms with E-state index in [1.54, 1.807) is 25.4 Å². The number of rotatable bonds is 6. The average Bonchev–Trinajstić information content (AvgIpc) is 3.49. The summed E-state index contributed by atoms with van der Waals surface area (Å²) in [5.41, 5.74) is 1.29. The van der Waals surface area contributed by atoms with Gasteiger partial charge < -0.3 is 10.4 Å². The Bertz CT molecular complexity index is 1430. The van der Waals surface area contributed by atoms with Crippen LogP contribution in [0.1, 0.15) is 54.2 Å². The first-order chi connectivity index (χ1) is 17.7. The molecule has 0 radical (unpaired) electrons. The summed E-state index contributed by atoms with van der Waals surface area (Å²) in [5, 5.41) is 21.4. The molecule has 1 aliphatic rings. The standard InChI is InChI=1S/C26H25F4N5O2/c1-34-13-19(23(33-34)25(29)30)15-4-5-16-12-35(32-22(16)10-15)18-6-2-14(3-7-18)11-31-26(37)17-8-20(27)24(36)21(28)9-17/h4-5,8-10,12-14,18,25,36H,2-3,6-7,11H2,1H3,(H,31,37)/t14-,18-. The van der Waals surface area contributed by atoms with E-state index >= 15 is 0 Å². The van der Waals surface area contributed by atoms with Crippen LogP contribution in [0.3, 0.4) is 0 Å². The number of hydrogen-bond donors (Lipinski definition) is 2. The first-order valence-corrected chi connectivity index (χ1v) is 12.0. The van der Waals surface area contributed by atoms with Gasteiger partial charge in [0.2, 0.25) is 0 Å². The van der Waals surface area contributed by atoms with Crippen LogP contribution in [0.15, 0.2) is 42.7 Å². The molecule has 0 atom stereocenters. The molecule has 0 saturated heterocycles. The van der Waals surface area contributed by atoms with Crippen LogP contribution in [0.5, 0.6) is 5.75 Å². The van der Waals surface area contributed by atoms with Gasteiger partial charge in [0.05, 0.1) is 11.6 Å². The molecule has 2 heterocycles. The SMILES string of the molecule is Cn1cc(-c2ccc3cn([C@H]4CC[C@H](CNC(=O)c5cc(F)c(O)c(F)c5)CC4)nc3c2)c(C(F)F)n1. The van der Waals surface area contributed by atoms with Gasteiger partial charge in [-0.1, -0.05) is 12.1 Å². The molecule has 194 valence electrons. The summed E-state index contributed by atoms with van der Waals surface area (Å²) in [6, 6.07) is 7.24. The highest BCUT2D eigenvalue weighted by atomic mass is 19.3. The van der Waals surface area contributed by atoms with Gasteiger partial charge in [0.1, 0.15) is 5.69 Å². The van der Waals surface area contributed by atoms with Crippen molar-refractivity contribution in [2.75, 3.05) is 6.54 Å². The van der Waals surface area contributed by atoms with Gasteiger partial charge in [-0.15, -0.1) is 0 Å². The molecule has 1 saturated carbocycles. The van der Waals surface area contributed by atoms with Gasteiger partial charge in [0, 0.05) is 42.5 Å². The molecule has 2 N–H and O–H groups in total. The van der Waals surface area contributed by atoms with Gasteiger partial charge in [0.15, 0.2) is 17.4 Å². The van der Waals surface area contributed by atoms with Crippen molar-refractivity contribution in [2.45, 2.75) is 38.2 Å². The van der Waals surface area contributed by atoms with Crippen molar-refractivity contribution in [3.05, 3.63) is 65.6 Å². The van der Waals surface area contributed by atoms with Crippen LogP contribution in [-0.2, 0) is 7.05 Å². The molecule has 0 spiro atoms. The molecule has 1 aliphatic carbocycles. The lowest BCUT2D eigenvalue weighted by Crippen LogP contribution is -2.31. The second kappa shape index (κ2) is 9.87. The maximum Gasteiger partial charge on any atom is 0.282 e. The number of phenolic OH excluding ortho intramolecular Hbond substituents is 1. The molecule has 2 aromatic carbocycles. The van der Waals surface area contributed by atoms with Crippen molar-refractivity contribution in [2.24, 2.45) is 13.0 Å². The van der Waals surface area contributed by atoms with Crippen molar-refractivity contribution in [3.8, 4) is 16.9 Å². The molecule has 37 heavy (non-hydrogen) atoms. The minimum Gasteiger partial charge on any atom is -0.503 e. The van der Waals surface area contributed by atoms with Crippen LogP contribution < -0.4 is 5.32 Å². The number of carbonyl (C=O) groups excluding carboxylic acids is 1. The van der Waals surface area contributed by atoms with Gasteiger partial charge >= 0.3 is 0 Å². The lowest BCUT2D eigenvalue weighted by Gasteiger charge is -2.28. The van der Waals surface area contributed by atoms with E-state index in [1.807, 2.05) is 16.9 Å². The molecule has 0 unspecified atom stereocenters. The zero-order chi connectivity index (χ0) is 26.3. The predicted molar refractivity (Wildman–Crippen MR) is 128 cm³/mol. The fourth-order valence-electron chi connectivity index (χ4n) is 4.93. The summed E-state index contributed by atoms with van der Waals surface area (Å²) in [5.74, 6) is -3.86. The van der Waals surface area contributed by atoms with E-state index in [1.165, 1.54) is 4.68 Å². The number of aryl methyl sites for hydroxylation is 1. The number of alkyl halides is 2. The molecule has 1 fully saturated rings. The van der Waals surface area contributed by atoms with Crippen LogP contribution >= 0.6 is 0 Å². The van der Waals surface area contributed by atoms with Gasteiger partial charge in [-0.2, -0.15) is 10.2 Å². The zero-order valence-corrected chi connectivity index (χ0v) is 20.0. The molecule has 1 amide bonds. The molecule has 5 rings (SSSR count). The van der Waals surface area contributed by atoms with Crippen molar-refractivity contribution < 1.29 is 27.5 Å². The molecule has 0 aliphatic heterocycles. The zero-order valence-electron chi connectivity index (χ0n) is 20.0. The fraction of sp³-hybridized carbons (Fsp3) is 0.346. The van der Waals surface area contributed by atoms with Crippen LogP contribution in [0.25, 0.3) is 22.0 Å². The van der Waals surface area contributed by atoms with Crippen LogP contribution in [0, 0.1) is 17.6 Å². The highest BCUT2D eigenvalue weighted by Crippen LogP contribution is 2.35. The molecule has 11 heteroatoms. The number of hydrogen-bond acceptors (Lipinski definition) is 4. The van der Waals surface area contributed by atoms with Gasteiger partial charge in [-0.25, -0.2) is 17.6 Å². The van der Waals surface area contributed by atoms with Crippen molar-refractivity contribution in [1.82, 2.24) is 24.9 Å². The van der Waals surface area contributed by atoms with Crippen LogP contribution in [0.4, 0.5) is 17.6 Å². The quantitative estimate of drug-likeness (QED) is 0.331. The maximum atomic E-state index is 13.5. The molecule has 7 nitrogen and oxygen atoms in total. The number of phenols is 1. The van der Waals surface area contributed by atoms with E-state index in [9.17, 15) is 27.5 Å². The first-order valence-electron chi connectivity index (χ1n) is 12.0. The number of nitrogens with one attached hydrogen (secondary N) is 1. The minimum absolute atomic E-state index is 0.165. The van der Waals surface area contributed by atoms with Crippen LogP contribution in [-0.4, -0.2) is 37.1 Å². The Morgan fingerprint density at radius 2 is 1.78 bits per heavy atom. The summed E-state index contributed by atoms with van der Waals surface area (Å²) in [7, 11) is 1.61. The predicted octanol–water partition coefficient (Wildman–Crippen LogP) is 5.52. The number of carbonyl (C=O) groups is 1. The Morgan fingerprint density at radius 3 is 2.46 bits per heavy atom. The summed E-state index contributed by atoms with van der Waals surface area (Å²) in [6.07, 6.45) is 4.19. The Labute approximate surface area is 209 Å². The number of aromatic nitrogens is 4. The lowest BCUT2D eigenvalue weighted by molar-refractivity contribution is 0.0940. The molecule has 0 bridgehead atoms. The summed E-state index contributed by atoms with van der Waals surface area (Å²) < 4.78 is 57.1. The summed E-state index contributed by atoms with van der Waals surface area (Å²) in [4.78, 5) is 12.3. The topological polar surface area (TPSA) is 85.0 Å². The number of halogens is 4. The van der Waals surface area contributed by atoms with Gasteiger partial charge in [0.25, 0.3) is 12.3 Å². The monoisotopic (exact) mass is 515 g/mol. The summed E-state index contributed by atoms with van der Waals surface area (Å²) >= 11 is 0. The normalized spacial score (nSPS) is 18.0. The Hall–Kier alpha value is -3.89. The third-order valence-electron chi connectivity index (χ3n) is 6.92. The molecular weight excluding hydrogens is 490 g/mol. The van der Waals surface area contributed by atoms with Gasteiger partial charge in [-0.3, -0.25) is 14.2 Å². The number of amides is 1. The van der Waals surface area contributed by atoms with Gasteiger partial charge in [-0.05, 0) is 55.4 Å². The highest BCUT2D eigenvalue weighted by Gasteiger charge is 2.25. The fourth-order valence-corrected chi connectivity index (χ4v) is 4.93. The number of aromatic hydroxyl groups is 1. The third-order valence-corrected chi connectivity index (χ3v) is 6.92. The van der Waals surface area contributed by atoms with Crippen LogP contribution in [0.2, 0.25) is 0 Å². The Kier molecular flexibility index (Phi) is 6.61. The van der Waals surface area contributed by atoms with E-state index < -0.39 is 29.7 Å². The van der Waals surface area contributed by atoms with Crippen molar-refractivity contribution >= 4 is 16.8 Å². The number of fused-ring (bicyclic) bond motifs is 1. The second-order valence-electron chi connectivity index (χ2n) is 9.46. The van der Waals surface area contributed by atoms with E-state index in [-0.39, 0.29) is 23.2 Å². The summed E-state index contributed by atoms with van der Waals surface area (Å²) in [6.45, 7) is 0.373. The molecule has 4 aromatic rings. The molecular formula is C26H25F4N5O2. The minimum atomic E-state index is -2.67. The van der Waals surface area contributed by atoms with Crippen molar-refractivity contribution in [3.63, 3.8) is 0 Å². The second-order valence-corrected chi connectivity index (χ2v) is 9.46. The van der Waals surface area contributed by atoms with Crippen molar-refractivity contribution in [1.29, 1.82) is 0 Å². The smallest absolute Gasteiger partial charge is 0.282 e. The van der Waals surface area contributed by atoms with E-state index in [4.69, 9.17) is 5.10 Å². The first kappa shape index (κ1) is 24.8. The highest BCUT2D eigenvalue weighted by molar-refractivity contribution is 5.94. The Morgan fingerprint density at radius 1 is 1.08 bits per heavy atom. The van der Waals surface area contributed by atoms with E-state index in [2.05, 4.69) is 10.4 Å². The molecule has 2 aromatic heterocycles. The van der Waals surface area contributed by atoms with E-state index in [0.29, 0.717) is 23.2 Å². The Balaban J connectivity index is 1.21. The lowest BCUT2D eigenvalue weighted by atomic mass is 9.86. The third kappa shape index (κ3) is 5.03. The number of nitrogens with zero attached hydrogens (tertiary/aromatic N) is 4. The van der Waals surface area contributed by atoms with E-state index in [0.717, 1.165) is 43.2 Å². The largest absolute Gasteiger partial charge is 0.503 e. The average molecular weight is 516 g/mol. The maximum absolute atomic E-state index is 13.5. The number of benzene rings is 2.